The zero-order valence-electron chi connectivity index (χ0n) is 25.3. The van der Waals surface area contributed by atoms with E-state index < -0.39 is 11.7 Å². The number of nitrogens with one attached hydrogen (secondary N) is 2. The van der Waals surface area contributed by atoms with Crippen molar-refractivity contribution in [3.05, 3.63) is 70.7 Å². The van der Waals surface area contributed by atoms with Gasteiger partial charge in [0.15, 0.2) is 5.82 Å². The molecule has 1 unspecified atom stereocenters. The molecule has 44 heavy (non-hydrogen) atoms. The first-order valence-electron chi connectivity index (χ1n) is 14.6. The number of amidine groups is 1. The maximum absolute atomic E-state index is 13.1. The van der Waals surface area contributed by atoms with E-state index >= 15 is 0 Å². The lowest BCUT2D eigenvalue weighted by Crippen LogP contribution is -2.53. The lowest BCUT2D eigenvalue weighted by Gasteiger charge is -2.39. The third-order valence-corrected chi connectivity index (χ3v) is 8.03. The molecule has 10 nitrogen and oxygen atoms in total. The van der Waals surface area contributed by atoms with Crippen molar-refractivity contribution in [1.29, 1.82) is 0 Å². The Morgan fingerprint density at radius 3 is 2.61 bits per heavy atom. The number of piperazine rings is 1. The quantitative estimate of drug-likeness (QED) is 0.442. The van der Waals surface area contributed by atoms with Gasteiger partial charge in [-0.2, -0.15) is 18.2 Å². The minimum Gasteiger partial charge on any atom is -0.385 e. The lowest BCUT2D eigenvalue weighted by atomic mass is 10.1. The second-order valence-corrected chi connectivity index (χ2v) is 11.5. The van der Waals surface area contributed by atoms with Gasteiger partial charge in [0.2, 0.25) is 11.9 Å². The molecule has 1 amide bonds. The van der Waals surface area contributed by atoms with Gasteiger partial charge in [-0.15, -0.1) is 0 Å². The molecule has 1 fully saturated rings. The van der Waals surface area contributed by atoms with Gasteiger partial charge in [-0.25, -0.2) is 9.98 Å². The Labute approximate surface area is 255 Å². The second-order valence-electron chi connectivity index (χ2n) is 11.5. The number of aryl methyl sites for hydroxylation is 1. The number of rotatable bonds is 6. The number of aliphatic imine (C=N–C) groups is 3. The van der Waals surface area contributed by atoms with Crippen molar-refractivity contribution in [2.75, 3.05) is 43.9 Å². The maximum Gasteiger partial charge on any atom is 0.412 e. The number of halogens is 3. The minimum absolute atomic E-state index is 0.0543. The van der Waals surface area contributed by atoms with E-state index in [-0.39, 0.29) is 24.8 Å². The summed E-state index contributed by atoms with van der Waals surface area (Å²) in [6, 6.07) is 5.52. The van der Waals surface area contributed by atoms with Crippen LogP contribution in [0.25, 0.3) is 0 Å². The van der Waals surface area contributed by atoms with Crippen LogP contribution in [-0.4, -0.2) is 90.2 Å². The van der Waals surface area contributed by atoms with Crippen LogP contribution in [0, 0.1) is 6.92 Å². The van der Waals surface area contributed by atoms with Crippen LogP contribution in [0.1, 0.15) is 32.3 Å². The van der Waals surface area contributed by atoms with Crippen molar-refractivity contribution >= 4 is 35.4 Å². The summed E-state index contributed by atoms with van der Waals surface area (Å²) in [6.45, 7) is 9.72. The first-order chi connectivity index (χ1) is 20.9. The number of allylic oxidation sites excluding steroid dienone is 5. The number of amides is 1. The first-order valence-corrected chi connectivity index (χ1v) is 14.6. The van der Waals surface area contributed by atoms with E-state index in [0.717, 1.165) is 37.8 Å². The molecule has 1 saturated heterocycles. The number of carbonyl (C=O) groups is 1. The van der Waals surface area contributed by atoms with Crippen molar-refractivity contribution in [2.24, 2.45) is 20.7 Å². The number of nitrogens with two attached hydrogens (primary N) is 1. The molecule has 0 aromatic heterocycles. The SMILES string of the molecule is Cc1ccc(NC(=O)CC2=CCC(C(F)(F)F)=CC=C2)cc1NC1=C2N=C(N3CCN(C(C)C)CC3)N=C(N)C2N(C)C=N1. The summed E-state index contributed by atoms with van der Waals surface area (Å²) in [6.07, 6.45) is 2.28. The zero-order chi connectivity index (χ0) is 31.6. The predicted octanol–water partition coefficient (Wildman–Crippen LogP) is 4.37. The third kappa shape index (κ3) is 7.04. The summed E-state index contributed by atoms with van der Waals surface area (Å²) in [5.41, 5.74) is 9.15. The Morgan fingerprint density at radius 1 is 1.16 bits per heavy atom. The van der Waals surface area contributed by atoms with E-state index in [1.807, 2.05) is 24.9 Å². The summed E-state index contributed by atoms with van der Waals surface area (Å²) in [5.74, 6) is 1.19. The normalized spacial score (nSPS) is 21.0. The molecule has 5 rings (SSSR count). The highest BCUT2D eigenvalue weighted by molar-refractivity contribution is 6.04. The molecule has 0 radical (unpaired) electrons. The van der Waals surface area contributed by atoms with Gasteiger partial charge in [0, 0.05) is 56.2 Å². The van der Waals surface area contributed by atoms with E-state index in [1.54, 1.807) is 18.5 Å². The molecule has 1 aromatic carbocycles. The number of hydrogen-bond acceptors (Lipinski definition) is 9. The van der Waals surface area contributed by atoms with Gasteiger partial charge < -0.3 is 26.2 Å². The van der Waals surface area contributed by atoms with Crippen LogP contribution in [0.5, 0.6) is 0 Å². The molecule has 0 spiro atoms. The fraction of sp³-hybridized carbons (Fsp3) is 0.419. The molecule has 3 aliphatic heterocycles. The second kappa shape index (κ2) is 12.7. The van der Waals surface area contributed by atoms with Gasteiger partial charge in [0.25, 0.3) is 0 Å². The highest BCUT2D eigenvalue weighted by Crippen LogP contribution is 2.31. The van der Waals surface area contributed by atoms with Crippen LogP contribution in [0.3, 0.4) is 0 Å². The molecule has 234 valence electrons. The number of alkyl halides is 3. The van der Waals surface area contributed by atoms with Crippen molar-refractivity contribution in [3.8, 4) is 0 Å². The van der Waals surface area contributed by atoms with Gasteiger partial charge in [0.05, 0.1) is 12.8 Å². The molecular weight excluding hydrogens is 571 g/mol. The number of nitrogens with zero attached hydrogens (tertiary/aromatic N) is 6. The Kier molecular flexibility index (Phi) is 8.95. The van der Waals surface area contributed by atoms with Gasteiger partial charge in [-0.05, 0) is 50.5 Å². The van der Waals surface area contributed by atoms with Crippen LogP contribution in [0.2, 0.25) is 0 Å². The largest absolute Gasteiger partial charge is 0.412 e. The molecule has 3 heterocycles. The monoisotopic (exact) mass is 609 g/mol. The number of carbonyl (C=O) groups excluding carboxylic acids is 1. The number of fused-ring (bicyclic) bond motifs is 1. The summed E-state index contributed by atoms with van der Waals surface area (Å²) in [4.78, 5) is 33.5. The standard InChI is InChI=1S/C31H38F3N9O/c1-19(2)42-12-14-43(15-13-42)30-39-26-27(28(35)40-30)41(4)18-36-29(26)38-24-17-23(11-8-20(24)3)37-25(44)16-21-6-5-7-22(10-9-21)31(32,33)34/h5-9,11,17-19,27,38H,10,12-16H2,1-4H3,(H,37,44)(H2,35,39,40). The number of benzene rings is 1. The summed E-state index contributed by atoms with van der Waals surface area (Å²) < 4.78 is 39.2. The molecule has 4 N–H and O–H groups in total. The van der Waals surface area contributed by atoms with E-state index in [9.17, 15) is 18.0 Å². The van der Waals surface area contributed by atoms with Crippen molar-refractivity contribution in [1.82, 2.24) is 14.7 Å². The van der Waals surface area contributed by atoms with Crippen molar-refractivity contribution in [3.63, 3.8) is 0 Å². The smallest absolute Gasteiger partial charge is 0.385 e. The highest BCUT2D eigenvalue weighted by atomic mass is 19.4. The van der Waals surface area contributed by atoms with Gasteiger partial charge in [-0.1, -0.05) is 30.4 Å². The lowest BCUT2D eigenvalue weighted by molar-refractivity contribution is -0.115. The average Bonchev–Trinajstić information content (AvgIpc) is 3.21. The van der Waals surface area contributed by atoms with Crippen LogP contribution in [-0.2, 0) is 4.79 Å². The molecule has 1 aromatic rings. The van der Waals surface area contributed by atoms with E-state index in [2.05, 4.69) is 44.3 Å². The molecular formula is C31H38F3N9O. The van der Waals surface area contributed by atoms with Crippen LogP contribution < -0.4 is 16.4 Å². The van der Waals surface area contributed by atoms with Crippen LogP contribution in [0.15, 0.2) is 80.1 Å². The average molecular weight is 610 g/mol. The predicted molar refractivity (Wildman–Crippen MR) is 168 cm³/mol. The Balaban J connectivity index is 1.32. The minimum atomic E-state index is -4.40. The summed E-state index contributed by atoms with van der Waals surface area (Å²) >= 11 is 0. The van der Waals surface area contributed by atoms with Crippen molar-refractivity contribution < 1.29 is 18.0 Å². The van der Waals surface area contributed by atoms with E-state index in [4.69, 9.17) is 10.7 Å². The molecule has 4 aliphatic rings. The Morgan fingerprint density at radius 2 is 1.91 bits per heavy atom. The number of guanidine groups is 1. The molecule has 13 heteroatoms. The topological polar surface area (TPSA) is 114 Å². The van der Waals surface area contributed by atoms with Crippen molar-refractivity contribution in [2.45, 2.75) is 51.9 Å². The van der Waals surface area contributed by atoms with Gasteiger partial charge in [0.1, 0.15) is 17.6 Å². The Bertz CT molecular complexity index is 1510. The molecule has 1 atom stereocenters. The van der Waals surface area contributed by atoms with Crippen LogP contribution in [0.4, 0.5) is 24.5 Å². The third-order valence-electron chi connectivity index (χ3n) is 8.03. The van der Waals surface area contributed by atoms with Gasteiger partial charge >= 0.3 is 6.18 Å². The zero-order valence-corrected chi connectivity index (χ0v) is 25.3. The number of hydrogen-bond donors (Lipinski definition) is 3. The highest BCUT2D eigenvalue weighted by Gasteiger charge is 2.35. The summed E-state index contributed by atoms with van der Waals surface area (Å²) in [5, 5.41) is 6.24. The number of anilines is 2. The molecule has 1 aliphatic carbocycles. The fourth-order valence-electron chi connectivity index (χ4n) is 5.41. The van der Waals surface area contributed by atoms with Gasteiger partial charge in [-0.3, -0.25) is 9.69 Å². The molecule has 0 bridgehead atoms. The summed E-state index contributed by atoms with van der Waals surface area (Å²) in [7, 11) is 1.87. The van der Waals surface area contributed by atoms with E-state index in [1.165, 1.54) is 18.2 Å². The number of likely N-dealkylation sites (N-methyl/N-ethyl adjacent to an activating group) is 1. The van der Waals surface area contributed by atoms with E-state index in [0.29, 0.717) is 46.3 Å². The first kappa shape index (κ1) is 31.0. The Hall–Kier alpha value is -4.39. The maximum atomic E-state index is 13.1. The van der Waals surface area contributed by atoms with Crippen LogP contribution >= 0.6 is 0 Å². The molecule has 0 saturated carbocycles. The fourth-order valence-corrected chi connectivity index (χ4v) is 5.41.